The van der Waals surface area contributed by atoms with Crippen molar-refractivity contribution in [2.75, 3.05) is 18.9 Å². The zero-order valence-corrected chi connectivity index (χ0v) is 15.0. The lowest BCUT2D eigenvalue weighted by molar-refractivity contribution is 0.242. The Balaban J connectivity index is 1.93. The van der Waals surface area contributed by atoms with Gasteiger partial charge < -0.3 is 10.1 Å². The molecule has 0 radical (unpaired) electrons. The lowest BCUT2D eigenvalue weighted by atomic mass is 10.3. The van der Waals surface area contributed by atoms with E-state index in [1.54, 1.807) is 31.3 Å². The number of rotatable bonds is 8. The van der Waals surface area contributed by atoms with Crippen molar-refractivity contribution in [1.29, 1.82) is 0 Å². The molecule has 0 saturated heterocycles. The van der Waals surface area contributed by atoms with Gasteiger partial charge in [0.15, 0.2) is 5.13 Å². The van der Waals surface area contributed by atoms with Crippen molar-refractivity contribution < 1.29 is 13.2 Å². The Bertz CT molecular complexity index is 725. The molecule has 0 aliphatic rings. The molecule has 0 unspecified atom stereocenters. The summed E-state index contributed by atoms with van der Waals surface area (Å²) in [6, 6.07) is 6.41. The summed E-state index contributed by atoms with van der Waals surface area (Å²) in [5, 5.41) is 5.69. The maximum Gasteiger partial charge on any atom is 0.240 e. The van der Waals surface area contributed by atoms with Crippen LogP contribution in [0.5, 0.6) is 5.75 Å². The Kier molecular flexibility index (Phi) is 5.97. The third-order valence-corrected chi connectivity index (χ3v) is 5.33. The first-order chi connectivity index (χ1) is 10.9. The van der Waals surface area contributed by atoms with Crippen LogP contribution in [-0.4, -0.2) is 33.1 Å². The van der Waals surface area contributed by atoms with E-state index in [4.69, 9.17) is 4.74 Å². The standard InChI is InChI=1S/C15H21N3O3S2/c1-11(2)21-13-4-6-14(7-5-13)23(19,20)17-9-8-12-10-22-15(16-3)18-12/h4-7,10-11,17H,8-9H2,1-3H3,(H,16,18). The van der Waals surface area contributed by atoms with Gasteiger partial charge >= 0.3 is 0 Å². The third-order valence-electron chi connectivity index (χ3n) is 2.94. The molecule has 2 N–H and O–H groups in total. The van der Waals surface area contributed by atoms with Crippen molar-refractivity contribution in [2.24, 2.45) is 0 Å². The third kappa shape index (κ3) is 5.19. The molecular weight excluding hydrogens is 334 g/mol. The van der Waals surface area contributed by atoms with Crippen LogP contribution in [0.15, 0.2) is 34.5 Å². The molecule has 2 rings (SSSR count). The van der Waals surface area contributed by atoms with Gasteiger partial charge in [-0.15, -0.1) is 11.3 Å². The molecule has 0 atom stereocenters. The summed E-state index contributed by atoms with van der Waals surface area (Å²) in [6.07, 6.45) is 0.600. The van der Waals surface area contributed by atoms with Gasteiger partial charge in [-0.25, -0.2) is 18.1 Å². The topological polar surface area (TPSA) is 80.3 Å². The highest BCUT2D eigenvalue weighted by atomic mass is 32.2. The Morgan fingerprint density at radius 3 is 2.52 bits per heavy atom. The van der Waals surface area contributed by atoms with Crippen LogP contribution in [0.25, 0.3) is 0 Å². The lowest BCUT2D eigenvalue weighted by Crippen LogP contribution is -2.26. The Morgan fingerprint density at radius 1 is 1.26 bits per heavy atom. The zero-order chi connectivity index (χ0) is 16.9. The molecular formula is C15H21N3O3S2. The summed E-state index contributed by atoms with van der Waals surface area (Å²) in [4.78, 5) is 4.54. The fourth-order valence-electron chi connectivity index (χ4n) is 1.90. The molecule has 0 saturated carbocycles. The molecule has 126 valence electrons. The van der Waals surface area contributed by atoms with Crippen molar-refractivity contribution in [3.63, 3.8) is 0 Å². The van der Waals surface area contributed by atoms with E-state index >= 15 is 0 Å². The zero-order valence-electron chi connectivity index (χ0n) is 13.4. The van der Waals surface area contributed by atoms with E-state index in [2.05, 4.69) is 15.0 Å². The van der Waals surface area contributed by atoms with Gasteiger partial charge in [-0.05, 0) is 38.1 Å². The molecule has 0 aliphatic carbocycles. The molecule has 0 spiro atoms. The Labute approximate surface area is 141 Å². The van der Waals surface area contributed by atoms with E-state index in [-0.39, 0.29) is 11.0 Å². The number of aromatic nitrogens is 1. The van der Waals surface area contributed by atoms with Crippen molar-refractivity contribution in [3.8, 4) is 5.75 Å². The Morgan fingerprint density at radius 2 is 1.96 bits per heavy atom. The van der Waals surface area contributed by atoms with Crippen LogP contribution >= 0.6 is 11.3 Å². The van der Waals surface area contributed by atoms with Gasteiger partial charge in [0.2, 0.25) is 10.0 Å². The maximum absolute atomic E-state index is 12.2. The van der Waals surface area contributed by atoms with Crippen LogP contribution in [0.4, 0.5) is 5.13 Å². The minimum atomic E-state index is -3.52. The molecule has 0 aliphatic heterocycles. The van der Waals surface area contributed by atoms with Crippen molar-refractivity contribution in [1.82, 2.24) is 9.71 Å². The first-order valence-electron chi connectivity index (χ1n) is 7.29. The van der Waals surface area contributed by atoms with Crippen molar-refractivity contribution in [3.05, 3.63) is 35.3 Å². The molecule has 1 aromatic carbocycles. The SMILES string of the molecule is CNc1nc(CCNS(=O)(=O)c2ccc(OC(C)C)cc2)cs1. The number of nitrogens with one attached hydrogen (secondary N) is 2. The van der Waals surface area contributed by atoms with Gasteiger partial charge in [-0.2, -0.15) is 0 Å². The second-order valence-corrected chi connectivity index (χ2v) is 7.80. The lowest BCUT2D eigenvalue weighted by Gasteiger charge is -2.10. The fourth-order valence-corrected chi connectivity index (χ4v) is 3.64. The summed E-state index contributed by atoms with van der Waals surface area (Å²) < 4.78 is 32.6. The van der Waals surface area contributed by atoms with Gasteiger partial charge in [0.05, 0.1) is 16.7 Å². The number of anilines is 1. The number of ether oxygens (including phenoxy) is 1. The second kappa shape index (κ2) is 7.76. The maximum atomic E-state index is 12.2. The molecule has 1 aromatic heterocycles. The molecule has 8 heteroatoms. The van der Waals surface area contributed by atoms with Crippen molar-refractivity contribution in [2.45, 2.75) is 31.3 Å². The van der Waals surface area contributed by atoms with Gasteiger partial charge in [-0.3, -0.25) is 0 Å². The quantitative estimate of drug-likeness (QED) is 0.760. The van der Waals surface area contributed by atoms with Gasteiger partial charge in [0, 0.05) is 25.4 Å². The van der Waals surface area contributed by atoms with Gasteiger partial charge in [0.25, 0.3) is 0 Å². The molecule has 1 heterocycles. The highest BCUT2D eigenvalue weighted by Crippen LogP contribution is 2.17. The minimum absolute atomic E-state index is 0.0520. The number of nitrogens with zero attached hydrogens (tertiary/aromatic N) is 1. The number of sulfonamides is 1. The molecule has 2 aromatic rings. The summed E-state index contributed by atoms with van der Waals surface area (Å²) in [7, 11) is -1.72. The summed E-state index contributed by atoms with van der Waals surface area (Å²) >= 11 is 1.50. The summed E-state index contributed by atoms with van der Waals surface area (Å²) in [6.45, 7) is 4.15. The Hall–Kier alpha value is -1.64. The largest absolute Gasteiger partial charge is 0.491 e. The molecule has 23 heavy (non-hydrogen) atoms. The minimum Gasteiger partial charge on any atom is -0.491 e. The predicted molar refractivity (Wildman–Crippen MR) is 92.8 cm³/mol. The van der Waals surface area contributed by atoms with Crippen LogP contribution in [0.3, 0.4) is 0 Å². The van der Waals surface area contributed by atoms with Crippen LogP contribution in [-0.2, 0) is 16.4 Å². The average molecular weight is 355 g/mol. The van der Waals surface area contributed by atoms with E-state index in [1.165, 1.54) is 11.3 Å². The predicted octanol–water partition coefficient (Wildman–Crippen LogP) is 2.49. The number of hydrogen-bond donors (Lipinski definition) is 2. The smallest absolute Gasteiger partial charge is 0.240 e. The average Bonchev–Trinajstić information content (AvgIpc) is 2.95. The molecule has 0 bridgehead atoms. The van der Waals surface area contributed by atoms with Crippen LogP contribution in [0.2, 0.25) is 0 Å². The molecule has 6 nitrogen and oxygen atoms in total. The van der Waals surface area contributed by atoms with Crippen LogP contribution in [0.1, 0.15) is 19.5 Å². The molecule has 0 fully saturated rings. The highest BCUT2D eigenvalue weighted by Gasteiger charge is 2.14. The first-order valence-corrected chi connectivity index (χ1v) is 9.65. The summed E-state index contributed by atoms with van der Waals surface area (Å²) in [5.41, 5.74) is 0.864. The first kappa shape index (κ1) is 17.7. The monoisotopic (exact) mass is 355 g/mol. The fraction of sp³-hybridized carbons (Fsp3) is 0.400. The van der Waals surface area contributed by atoms with E-state index in [0.29, 0.717) is 18.7 Å². The van der Waals surface area contributed by atoms with E-state index < -0.39 is 10.0 Å². The van der Waals surface area contributed by atoms with Gasteiger partial charge in [0.1, 0.15) is 5.75 Å². The number of hydrogen-bond acceptors (Lipinski definition) is 6. The van der Waals surface area contributed by atoms with E-state index in [9.17, 15) is 8.42 Å². The summed E-state index contributed by atoms with van der Waals surface area (Å²) in [5.74, 6) is 0.654. The second-order valence-electron chi connectivity index (χ2n) is 5.18. The van der Waals surface area contributed by atoms with E-state index in [1.807, 2.05) is 19.2 Å². The highest BCUT2D eigenvalue weighted by molar-refractivity contribution is 7.89. The van der Waals surface area contributed by atoms with Crippen LogP contribution in [0, 0.1) is 0 Å². The van der Waals surface area contributed by atoms with E-state index in [0.717, 1.165) is 10.8 Å². The number of benzene rings is 1. The number of thiazole rings is 1. The van der Waals surface area contributed by atoms with Gasteiger partial charge in [-0.1, -0.05) is 0 Å². The van der Waals surface area contributed by atoms with Crippen molar-refractivity contribution >= 4 is 26.5 Å². The normalized spacial score (nSPS) is 11.7. The van der Waals surface area contributed by atoms with Crippen LogP contribution < -0.4 is 14.8 Å². The molecule has 0 amide bonds.